The molecule has 112 valence electrons. The molecule has 0 atom stereocenters. The number of hydrogen-bond acceptors (Lipinski definition) is 4. The van der Waals surface area contributed by atoms with Crippen molar-refractivity contribution in [1.82, 2.24) is 5.32 Å². The Labute approximate surface area is 123 Å². The van der Waals surface area contributed by atoms with Crippen LogP contribution in [0.1, 0.15) is 17.7 Å². The fraction of sp³-hybridized carbons (Fsp3) is 0.312. The van der Waals surface area contributed by atoms with E-state index in [2.05, 4.69) is 5.32 Å². The van der Waals surface area contributed by atoms with E-state index in [0.717, 1.165) is 11.3 Å². The van der Waals surface area contributed by atoms with Crippen LogP contribution in [0.3, 0.4) is 0 Å². The number of hydrogen-bond donors (Lipinski definition) is 1. The van der Waals surface area contributed by atoms with E-state index in [1.54, 1.807) is 20.5 Å². The molecule has 0 fully saturated rings. The Bertz CT molecular complexity index is 578. The minimum Gasteiger partial charge on any atom is -0.493 e. The van der Waals surface area contributed by atoms with E-state index in [1.165, 1.54) is 0 Å². The largest absolute Gasteiger partial charge is 0.493 e. The number of methoxy groups -OCH3 is 2. The van der Waals surface area contributed by atoms with E-state index < -0.39 is 0 Å². The molecular weight excluding hydrogens is 270 g/mol. The Kier molecular flexibility index (Phi) is 5.26. The summed E-state index contributed by atoms with van der Waals surface area (Å²) in [7, 11) is 3.17. The molecule has 1 aromatic carbocycles. The SMILES string of the molecule is COc1cccc(CNC(=O)CCc2ccco2)c1OC. The van der Waals surface area contributed by atoms with Crippen molar-refractivity contribution in [3.63, 3.8) is 0 Å². The van der Waals surface area contributed by atoms with E-state index in [1.807, 2.05) is 30.3 Å². The van der Waals surface area contributed by atoms with Crippen molar-refractivity contribution >= 4 is 5.91 Å². The molecule has 0 aliphatic heterocycles. The molecule has 1 N–H and O–H groups in total. The van der Waals surface area contributed by atoms with Gasteiger partial charge < -0.3 is 19.2 Å². The normalized spacial score (nSPS) is 10.2. The Morgan fingerprint density at radius 1 is 1.19 bits per heavy atom. The van der Waals surface area contributed by atoms with Crippen molar-refractivity contribution in [3.05, 3.63) is 47.9 Å². The van der Waals surface area contributed by atoms with Gasteiger partial charge in [-0.15, -0.1) is 0 Å². The topological polar surface area (TPSA) is 60.7 Å². The number of carbonyl (C=O) groups is 1. The summed E-state index contributed by atoms with van der Waals surface area (Å²) in [5.74, 6) is 2.08. The predicted octanol–water partition coefficient (Wildman–Crippen LogP) is 2.55. The molecular formula is C16H19NO4. The van der Waals surface area contributed by atoms with Crippen molar-refractivity contribution < 1.29 is 18.7 Å². The number of ether oxygens (including phenoxy) is 2. The van der Waals surface area contributed by atoms with E-state index in [-0.39, 0.29) is 5.91 Å². The summed E-state index contributed by atoms with van der Waals surface area (Å²) in [4.78, 5) is 11.8. The summed E-state index contributed by atoms with van der Waals surface area (Å²) >= 11 is 0. The standard InChI is InChI=1S/C16H19NO4/c1-19-14-7-3-5-12(16(14)20-2)11-17-15(18)9-8-13-6-4-10-21-13/h3-7,10H,8-9,11H2,1-2H3,(H,17,18). The zero-order valence-corrected chi connectivity index (χ0v) is 12.2. The average Bonchev–Trinajstić information content (AvgIpc) is 3.03. The Morgan fingerprint density at radius 2 is 2.05 bits per heavy atom. The van der Waals surface area contributed by atoms with Gasteiger partial charge in [0.25, 0.3) is 0 Å². The summed E-state index contributed by atoms with van der Waals surface area (Å²) in [5, 5.41) is 2.87. The lowest BCUT2D eigenvalue weighted by Crippen LogP contribution is -2.23. The second kappa shape index (κ2) is 7.38. The van der Waals surface area contributed by atoms with Gasteiger partial charge in [-0.2, -0.15) is 0 Å². The van der Waals surface area contributed by atoms with Crippen molar-refractivity contribution in [2.75, 3.05) is 14.2 Å². The predicted molar refractivity (Wildman–Crippen MR) is 78.4 cm³/mol. The molecule has 0 unspecified atom stereocenters. The third kappa shape index (κ3) is 4.02. The van der Waals surface area contributed by atoms with Gasteiger partial charge in [0.2, 0.25) is 5.91 Å². The van der Waals surface area contributed by atoms with Crippen LogP contribution in [-0.4, -0.2) is 20.1 Å². The van der Waals surface area contributed by atoms with E-state index >= 15 is 0 Å². The molecule has 0 spiro atoms. The number of amides is 1. The van der Waals surface area contributed by atoms with Gasteiger partial charge in [0.15, 0.2) is 11.5 Å². The summed E-state index contributed by atoms with van der Waals surface area (Å²) in [6.07, 6.45) is 2.59. The van der Waals surface area contributed by atoms with Crippen LogP contribution in [0.15, 0.2) is 41.0 Å². The van der Waals surface area contributed by atoms with Gasteiger partial charge in [0.05, 0.1) is 20.5 Å². The number of rotatable bonds is 7. The smallest absolute Gasteiger partial charge is 0.220 e. The average molecular weight is 289 g/mol. The minimum absolute atomic E-state index is 0.0312. The van der Waals surface area contributed by atoms with Crippen LogP contribution >= 0.6 is 0 Å². The zero-order valence-electron chi connectivity index (χ0n) is 12.2. The van der Waals surface area contributed by atoms with Gasteiger partial charge in [-0.1, -0.05) is 12.1 Å². The van der Waals surface area contributed by atoms with Gasteiger partial charge in [-0.25, -0.2) is 0 Å². The van der Waals surface area contributed by atoms with Crippen molar-refractivity contribution in [3.8, 4) is 11.5 Å². The molecule has 0 saturated carbocycles. The fourth-order valence-electron chi connectivity index (χ4n) is 2.07. The van der Waals surface area contributed by atoms with Crippen LogP contribution in [0.25, 0.3) is 0 Å². The number of para-hydroxylation sites is 1. The Morgan fingerprint density at radius 3 is 2.71 bits per heavy atom. The van der Waals surface area contributed by atoms with Gasteiger partial charge in [-0.3, -0.25) is 4.79 Å². The van der Waals surface area contributed by atoms with Crippen LogP contribution in [0.2, 0.25) is 0 Å². The van der Waals surface area contributed by atoms with Crippen molar-refractivity contribution in [1.29, 1.82) is 0 Å². The third-order valence-electron chi connectivity index (χ3n) is 3.14. The lowest BCUT2D eigenvalue weighted by atomic mass is 10.1. The highest BCUT2D eigenvalue weighted by molar-refractivity contribution is 5.76. The van der Waals surface area contributed by atoms with E-state index in [4.69, 9.17) is 13.9 Å². The molecule has 0 aliphatic carbocycles. The lowest BCUT2D eigenvalue weighted by Gasteiger charge is -2.13. The molecule has 0 radical (unpaired) electrons. The van der Waals surface area contributed by atoms with Crippen LogP contribution in [0, 0.1) is 0 Å². The second-order valence-corrected chi connectivity index (χ2v) is 4.51. The zero-order chi connectivity index (χ0) is 15.1. The summed E-state index contributed by atoms with van der Waals surface area (Å²) in [6.45, 7) is 0.400. The number of benzene rings is 1. The molecule has 1 heterocycles. The highest BCUT2D eigenvalue weighted by Gasteiger charge is 2.10. The molecule has 2 rings (SSSR count). The van der Waals surface area contributed by atoms with Gasteiger partial charge in [0.1, 0.15) is 5.76 Å². The highest BCUT2D eigenvalue weighted by atomic mass is 16.5. The first kappa shape index (κ1) is 15.0. The van der Waals surface area contributed by atoms with Crippen molar-refractivity contribution in [2.24, 2.45) is 0 Å². The molecule has 0 saturated heterocycles. The molecule has 0 aliphatic rings. The number of aryl methyl sites for hydroxylation is 1. The minimum atomic E-state index is -0.0312. The molecule has 1 amide bonds. The highest BCUT2D eigenvalue weighted by Crippen LogP contribution is 2.30. The fourth-order valence-corrected chi connectivity index (χ4v) is 2.07. The Balaban J connectivity index is 1.89. The number of furan rings is 1. The maximum Gasteiger partial charge on any atom is 0.220 e. The second-order valence-electron chi connectivity index (χ2n) is 4.51. The van der Waals surface area contributed by atoms with Crippen LogP contribution in [0.5, 0.6) is 11.5 Å². The van der Waals surface area contributed by atoms with Crippen LogP contribution < -0.4 is 14.8 Å². The first-order valence-electron chi connectivity index (χ1n) is 6.73. The van der Waals surface area contributed by atoms with Gasteiger partial charge >= 0.3 is 0 Å². The van der Waals surface area contributed by atoms with Crippen LogP contribution in [-0.2, 0) is 17.8 Å². The van der Waals surface area contributed by atoms with E-state index in [9.17, 15) is 4.79 Å². The number of carbonyl (C=O) groups excluding carboxylic acids is 1. The molecule has 21 heavy (non-hydrogen) atoms. The molecule has 2 aromatic rings. The quantitative estimate of drug-likeness (QED) is 0.851. The lowest BCUT2D eigenvalue weighted by molar-refractivity contribution is -0.121. The molecule has 0 bridgehead atoms. The van der Waals surface area contributed by atoms with Crippen LogP contribution in [0.4, 0.5) is 0 Å². The van der Waals surface area contributed by atoms with Gasteiger partial charge in [0, 0.05) is 24.9 Å². The van der Waals surface area contributed by atoms with Crippen molar-refractivity contribution in [2.45, 2.75) is 19.4 Å². The maximum absolute atomic E-state index is 11.8. The summed E-state index contributed by atoms with van der Waals surface area (Å²) in [5.41, 5.74) is 0.878. The molecule has 5 nitrogen and oxygen atoms in total. The summed E-state index contributed by atoms with van der Waals surface area (Å²) in [6, 6.07) is 9.26. The Hall–Kier alpha value is -2.43. The third-order valence-corrected chi connectivity index (χ3v) is 3.14. The maximum atomic E-state index is 11.8. The van der Waals surface area contributed by atoms with E-state index in [0.29, 0.717) is 30.9 Å². The first-order valence-corrected chi connectivity index (χ1v) is 6.73. The monoisotopic (exact) mass is 289 g/mol. The first-order chi connectivity index (χ1) is 10.2. The van der Waals surface area contributed by atoms with Gasteiger partial charge in [-0.05, 0) is 18.2 Å². The number of nitrogens with one attached hydrogen (secondary N) is 1. The molecule has 5 heteroatoms. The summed E-state index contributed by atoms with van der Waals surface area (Å²) < 4.78 is 15.8. The molecule has 1 aromatic heterocycles.